The third-order valence-electron chi connectivity index (χ3n) is 2.72. The van der Waals surface area contributed by atoms with E-state index in [2.05, 4.69) is 10.3 Å². The van der Waals surface area contributed by atoms with Gasteiger partial charge in [0, 0.05) is 14.1 Å². The average molecular weight is 236 g/mol. The van der Waals surface area contributed by atoms with Crippen LogP contribution in [-0.4, -0.2) is 30.5 Å². The summed E-state index contributed by atoms with van der Waals surface area (Å²) in [4.78, 5) is 17.9. The molecule has 0 aliphatic heterocycles. The molecule has 5 heteroatoms. The molecule has 1 atom stereocenters. The molecule has 0 spiro atoms. The predicted molar refractivity (Wildman–Crippen MR) is 70.1 cm³/mol. The van der Waals surface area contributed by atoms with Gasteiger partial charge in [-0.25, -0.2) is 4.98 Å². The Hall–Kier alpha value is -1.62. The summed E-state index contributed by atoms with van der Waals surface area (Å²) in [5, 5.41) is 2.75. The Labute approximate surface area is 102 Å². The van der Waals surface area contributed by atoms with Crippen LogP contribution in [0, 0.1) is 0 Å². The minimum atomic E-state index is -0.847. The number of anilines is 2. The Morgan fingerprint density at radius 2 is 2.18 bits per heavy atom. The first-order valence-corrected chi connectivity index (χ1v) is 5.60. The molecule has 0 fully saturated rings. The van der Waals surface area contributed by atoms with Crippen molar-refractivity contribution < 1.29 is 4.79 Å². The SMILES string of the molecule is CCC(C)(N)C(=O)Nc1ccc(N(C)C)nc1. The van der Waals surface area contributed by atoms with Crippen molar-refractivity contribution in [3.05, 3.63) is 18.3 Å². The normalized spacial score (nSPS) is 13.9. The van der Waals surface area contributed by atoms with E-state index < -0.39 is 5.54 Å². The van der Waals surface area contributed by atoms with Crippen molar-refractivity contribution in [3.8, 4) is 0 Å². The number of pyridine rings is 1. The van der Waals surface area contributed by atoms with Crippen molar-refractivity contribution in [1.82, 2.24) is 4.98 Å². The Bertz CT molecular complexity index is 384. The van der Waals surface area contributed by atoms with E-state index in [0.29, 0.717) is 12.1 Å². The Morgan fingerprint density at radius 3 is 2.59 bits per heavy atom. The van der Waals surface area contributed by atoms with Gasteiger partial charge >= 0.3 is 0 Å². The number of hydrogen-bond donors (Lipinski definition) is 2. The van der Waals surface area contributed by atoms with Gasteiger partial charge in [0.1, 0.15) is 5.82 Å². The van der Waals surface area contributed by atoms with Gasteiger partial charge in [-0.3, -0.25) is 4.79 Å². The number of nitrogens with two attached hydrogens (primary N) is 1. The molecule has 1 unspecified atom stereocenters. The maximum Gasteiger partial charge on any atom is 0.244 e. The Balaban J connectivity index is 2.73. The van der Waals surface area contributed by atoms with Crippen LogP contribution in [0.3, 0.4) is 0 Å². The molecule has 0 aliphatic carbocycles. The average Bonchev–Trinajstić information content (AvgIpc) is 2.29. The van der Waals surface area contributed by atoms with Crippen molar-refractivity contribution in [2.24, 2.45) is 5.73 Å². The van der Waals surface area contributed by atoms with E-state index in [9.17, 15) is 4.79 Å². The number of carbonyl (C=O) groups is 1. The lowest BCUT2D eigenvalue weighted by atomic mass is 9.99. The summed E-state index contributed by atoms with van der Waals surface area (Å²) >= 11 is 0. The molecule has 1 amide bonds. The van der Waals surface area contributed by atoms with E-state index >= 15 is 0 Å². The largest absolute Gasteiger partial charge is 0.363 e. The number of rotatable bonds is 4. The van der Waals surface area contributed by atoms with E-state index in [1.807, 2.05) is 38.1 Å². The van der Waals surface area contributed by atoms with Gasteiger partial charge in [0.25, 0.3) is 0 Å². The zero-order valence-electron chi connectivity index (χ0n) is 10.8. The van der Waals surface area contributed by atoms with Crippen LogP contribution in [0.15, 0.2) is 18.3 Å². The molecular formula is C12H20N4O. The van der Waals surface area contributed by atoms with Gasteiger partial charge in [-0.15, -0.1) is 0 Å². The topological polar surface area (TPSA) is 71.2 Å². The molecule has 3 N–H and O–H groups in total. The van der Waals surface area contributed by atoms with Crippen LogP contribution in [0.1, 0.15) is 20.3 Å². The van der Waals surface area contributed by atoms with Crippen LogP contribution in [0.25, 0.3) is 0 Å². The molecule has 0 saturated heterocycles. The van der Waals surface area contributed by atoms with Gasteiger partial charge in [0.2, 0.25) is 5.91 Å². The summed E-state index contributed by atoms with van der Waals surface area (Å²) in [5.74, 6) is 0.647. The van der Waals surface area contributed by atoms with E-state index in [1.165, 1.54) is 0 Å². The molecule has 1 aromatic rings. The minimum Gasteiger partial charge on any atom is -0.363 e. The predicted octanol–water partition coefficient (Wildman–Crippen LogP) is 1.21. The summed E-state index contributed by atoms with van der Waals surface area (Å²) < 4.78 is 0. The van der Waals surface area contributed by atoms with Crippen molar-refractivity contribution in [1.29, 1.82) is 0 Å². The fraction of sp³-hybridized carbons (Fsp3) is 0.500. The molecule has 0 bridgehead atoms. The summed E-state index contributed by atoms with van der Waals surface area (Å²) in [6.07, 6.45) is 2.21. The summed E-state index contributed by atoms with van der Waals surface area (Å²) in [5.41, 5.74) is 5.66. The molecule has 0 saturated carbocycles. The highest BCUT2D eigenvalue weighted by atomic mass is 16.2. The minimum absolute atomic E-state index is 0.195. The van der Waals surface area contributed by atoms with E-state index in [4.69, 9.17) is 5.73 Å². The van der Waals surface area contributed by atoms with E-state index in [-0.39, 0.29) is 5.91 Å². The molecule has 0 aromatic carbocycles. The second-order valence-electron chi connectivity index (χ2n) is 4.52. The molecule has 0 aliphatic rings. The van der Waals surface area contributed by atoms with Crippen LogP contribution >= 0.6 is 0 Å². The van der Waals surface area contributed by atoms with Crippen LogP contribution in [-0.2, 0) is 4.79 Å². The number of nitrogens with zero attached hydrogens (tertiary/aromatic N) is 2. The van der Waals surface area contributed by atoms with Gasteiger partial charge in [0.15, 0.2) is 0 Å². The highest BCUT2D eigenvalue weighted by Crippen LogP contribution is 2.14. The highest BCUT2D eigenvalue weighted by Gasteiger charge is 2.25. The first-order chi connectivity index (χ1) is 7.86. The van der Waals surface area contributed by atoms with Gasteiger partial charge in [-0.1, -0.05) is 6.92 Å². The fourth-order valence-electron chi connectivity index (χ4n) is 1.16. The van der Waals surface area contributed by atoms with Crippen LogP contribution in [0.5, 0.6) is 0 Å². The van der Waals surface area contributed by atoms with Crippen molar-refractivity contribution in [2.45, 2.75) is 25.8 Å². The molecule has 5 nitrogen and oxygen atoms in total. The second kappa shape index (κ2) is 5.14. The van der Waals surface area contributed by atoms with Crippen molar-refractivity contribution >= 4 is 17.4 Å². The molecule has 94 valence electrons. The lowest BCUT2D eigenvalue weighted by Gasteiger charge is -2.21. The van der Waals surface area contributed by atoms with Crippen molar-refractivity contribution in [2.75, 3.05) is 24.3 Å². The zero-order valence-corrected chi connectivity index (χ0v) is 10.8. The smallest absolute Gasteiger partial charge is 0.244 e. The van der Waals surface area contributed by atoms with E-state index in [0.717, 1.165) is 5.82 Å². The molecular weight excluding hydrogens is 216 g/mol. The number of nitrogens with one attached hydrogen (secondary N) is 1. The number of aromatic nitrogens is 1. The van der Waals surface area contributed by atoms with Crippen LogP contribution in [0.4, 0.5) is 11.5 Å². The maximum absolute atomic E-state index is 11.8. The van der Waals surface area contributed by atoms with Crippen molar-refractivity contribution in [3.63, 3.8) is 0 Å². The van der Waals surface area contributed by atoms with Gasteiger partial charge < -0.3 is 16.0 Å². The maximum atomic E-state index is 11.8. The molecule has 17 heavy (non-hydrogen) atoms. The summed E-state index contributed by atoms with van der Waals surface area (Å²) in [7, 11) is 3.82. The number of amides is 1. The summed E-state index contributed by atoms with van der Waals surface area (Å²) in [6.45, 7) is 3.59. The first kappa shape index (κ1) is 13.4. The summed E-state index contributed by atoms with van der Waals surface area (Å²) in [6, 6.07) is 3.65. The van der Waals surface area contributed by atoms with Crippen LogP contribution in [0.2, 0.25) is 0 Å². The third kappa shape index (κ3) is 3.42. The Kier molecular flexibility index (Phi) is 4.07. The molecule has 1 rings (SSSR count). The molecule has 1 heterocycles. The lowest BCUT2D eigenvalue weighted by Crippen LogP contribution is -2.47. The second-order valence-corrected chi connectivity index (χ2v) is 4.52. The van der Waals surface area contributed by atoms with Gasteiger partial charge in [-0.2, -0.15) is 0 Å². The first-order valence-electron chi connectivity index (χ1n) is 5.60. The lowest BCUT2D eigenvalue weighted by molar-refractivity contribution is -0.120. The number of hydrogen-bond acceptors (Lipinski definition) is 4. The Morgan fingerprint density at radius 1 is 1.53 bits per heavy atom. The zero-order chi connectivity index (χ0) is 13.1. The van der Waals surface area contributed by atoms with E-state index in [1.54, 1.807) is 13.1 Å². The quantitative estimate of drug-likeness (QED) is 0.824. The third-order valence-corrected chi connectivity index (χ3v) is 2.72. The van der Waals surface area contributed by atoms with Gasteiger partial charge in [0.05, 0.1) is 17.4 Å². The van der Waals surface area contributed by atoms with Gasteiger partial charge in [-0.05, 0) is 25.5 Å². The monoisotopic (exact) mass is 236 g/mol. The number of carbonyl (C=O) groups excluding carboxylic acids is 1. The standard InChI is InChI=1S/C12H20N4O/c1-5-12(2,13)11(17)15-9-6-7-10(14-8-9)16(3)4/h6-8H,5,13H2,1-4H3,(H,15,17). The highest BCUT2D eigenvalue weighted by molar-refractivity contribution is 5.97. The fourth-order valence-corrected chi connectivity index (χ4v) is 1.16. The van der Waals surface area contributed by atoms with Crippen LogP contribution < -0.4 is 16.0 Å². The molecule has 1 aromatic heterocycles. The molecule has 0 radical (unpaired) electrons.